The maximum absolute atomic E-state index is 13.6. The Bertz CT molecular complexity index is 558. The average Bonchev–Trinajstić information content (AvgIpc) is 3.20. The van der Waals surface area contributed by atoms with Gasteiger partial charge in [-0.15, -0.1) is 0 Å². The predicted molar refractivity (Wildman–Crippen MR) is 85.1 cm³/mol. The van der Waals surface area contributed by atoms with Crippen LogP contribution in [0.15, 0.2) is 18.2 Å². The van der Waals surface area contributed by atoms with Crippen LogP contribution >= 0.6 is 0 Å². The second kappa shape index (κ2) is 7.39. The fourth-order valence-corrected chi connectivity index (χ4v) is 3.74. The first-order valence-electron chi connectivity index (χ1n) is 8.59. The van der Waals surface area contributed by atoms with Crippen LogP contribution in [0, 0.1) is 11.6 Å². The summed E-state index contributed by atoms with van der Waals surface area (Å²) in [5.74, 6) is -0.827. The summed E-state index contributed by atoms with van der Waals surface area (Å²) in [6.45, 7) is 4.02. The fraction of sp³-hybridized carbons (Fsp3) is 0.611. The standard InChI is InChI=1S/C18H24F2N2O/c19-15-6-7-17(20)14(12-15)5-8-18(23)22-11-3-4-16(22)13-21-9-1-2-10-21/h6-7,12,16H,1-5,8-11,13H2. The van der Waals surface area contributed by atoms with Crippen LogP contribution in [0.4, 0.5) is 8.78 Å². The highest BCUT2D eigenvalue weighted by molar-refractivity contribution is 5.77. The van der Waals surface area contributed by atoms with Crippen molar-refractivity contribution in [1.29, 1.82) is 0 Å². The molecular weight excluding hydrogens is 298 g/mol. The molecule has 2 aliphatic heterocycles. The van der Waals surface area contributed by atoms with E-state index in [0.717, 1.165) is 51.2 Å². The molecule has 0 bridgehead atoms. The number of likely N-dealkylation sites (tertiary alicyclic amines) is 2. The summed E-state index contributed by atoms with van der Waals surface area (Å²) < 4.78 is 26.8. The van der Waals surface area contributed by atoms with Crippen molar-refractivity contribution in [2.24, 2.45) is 0 Å². The van der Waals surface area contributed by atoms with Crippen molar-refractivity contribution in [2.75, 3.05) is 26.2 Å². The van der Waals surface area contributed by atoms with Gasteiger partial charge in [-0.25, -0.2) is 8.78 Å². The van der Waals surface area contributed by atoms with E-state index >= 15 is 0 Å². The number of aryl methyl sites for hydroxylation is 1. The van der Waals surface area contributed by atoms with Crippen LogP contribution < -0.4 is 0 Å². The lowest BCUT2D eigenvalue weighted by Gasteiger charge is -2.28. The van der Waals surface area contributed by atoms with Crippen LogP contribution in [0.5, 0.6) is 0 Å². The Morgan fingerprint density at radius 3 is 2.70 bits per heavy atom. The molecule has 5 heteroatoms. The zero-order valence-corrected chi connectivity index (χ0v) is 13.4. The topological polar surface area (TPSA) is 23.6 Å². The molecule has 2 heterocycles. The second-order valence-corrected chi connectivity index (χ2v) is 6.63. The van der Waals surface area contributed by atoms with Gasteiger partial charge < -0.3 is 9.80 Å². The number of amides is 1. The van der Waals surface area contributed by atoms with Gasteiger partial charge in [-0.2, -0.15) is 0 Å². The van der Waals surface area contributed by atoms with Crippen LogP contribution in [0.1, 0.15) is 37.7 Å². The number of hydrogen-bond donors (Lipinski definition) is 0. The van der Waals surface area contributed by atoms with Crippen molar-refractivity contribution in [1.82, 2.24) is 9.80 Å². The smallest absolute Gasteiger partial charge is 0.223 e. The van der Waals surface area contributed by atoms with E-state index in [1.54, 1.807) is 0 Å². The first-order chi connectivity index (χ1) is 11.1. The van der Waals surface area contributed by atoms with Gasteiger partial charge in [0.05, 0.1) is 0 Å². The maximum Gasteiger partial charge on any atom is 0.223 e. The number of halogens is 2. The van der Waals surface area contributed by atoms with Gasteiger partial charge in [0.1, 0.15) is 11.6 Å². The lowest BCUT2D eigenvalue weighted by molar-refractivity contribution is -0.132. The van der Waals surface area contributed by atoms with Crippen molar-refractivity contribution in [3.05, 3.63) is 35.4 Å². The molecule has 0 saturated carbocycles. The second-order valence-electron chi connectivity index (χ2n) is 6.63. The molecular formula is C18H24F2N2O. The molecule has 0 aliphatic carbocycles. The van der Waals surface area contributed by atoms with E-state index < -0.39 is 11.6 Å². The Kier molecular flexibility index (Phi) is 5.26. The highest BCUT2D eigenvalue weighted by atomic mass is 19.1. The normalized spacial score (nSPS) is 22.0. The Balaban J connectivity index is 1.55. The first-order valence-corrected chi connectivity index (χ1v) is 8.59. The highest BCUT2D eigenvalue weighted by Crippen LogP contribution is 2.22. The molecule has 126 valence electrons. The number of hydrogen-bond acceptors (Lipinski definition) is 2. The van der Waals surface area contributed by atoms with Crippen molar-refractivity contribution in [3.8, 4) is 0 Å². The van der Waals surface area contributed by atoms with Crippen molar-refractivity contribution >= 4 is 5.91 Å². The molecule has 2 aliphatic rings. The molecule has 0 radical (unpaired) electrons. The van der Waals surface area contributed by atoms with Gasteiger partial charge in [-0.3, -0.25) is 4.79 Å². The molecule has 1 unspecified atom stereocenters. The molecule has 1 aromatic carbocycles. The molecule has 0 spiro atoms. The summed E-state index contributed by atoms with van der Waals surface area (Å²) in [5.41, 5.74) is 0.286. The zero-order chi connectivity index (χ0) is 16.2. The molecule has 1 amide bonds. The molecule has 1 aromatic rings. The summed E-state index contributed by atoms with van der Waals surface area (Å²) in [6.07, 6.45) is 5.10. The van der Waals surface area contributed by atoms with E-state index in [0.29, 0.717) is 0 Å². The van der Waals surface area contributed by atoms with Crippen LogP contribution in [0.3, 0.4) is 0 Å². The lowest BCUT2D eigenvalue weighted by atomic mass is 10.1. The fourth-order valence-electron chi connectivity index (χ4n) is 3.74. The van der Waals surface area contributed by atoms with E-state index in [2.05, 4.69) is 4.90 Å². The highest BCUT2D eigenvalue weighted by Gasteiger charge is 2.30. The zero-order valence-electron chi connectivity index (χ0n) is 13.4. The minimum atomic E-state index is -0.457. The predicted octanol–water partition coefficient (Wildman–Crippen LogP) is 2.98. The quantitative estimate of drug-likeness (QED) is 0.832. The Morgan fingerprint density at radius 2 is 1.91 bits per heavy atom. The van der Waals surface area contributed by atoms with Crippen LogP contribution in [0.25, 0.3) is 0 Å². The molecule has 2 saturated heterocycles. The molecule has 23 heavy (non-hydrogen) atoms. The molecule has 1 atom stereocenters. The number of rotatable bonds is 5. The van der Waals surface area contributed by atoms with Gasteiger partial charge in [0, 0.05) is 25.6 Å². The van der Waals surface area contributed by atoms with E-state index in [1.165, 1.54) is 18.9 Å². The minimum Gasteiger partial charge on any atom is -0.338 e. The number of carbonyl (C=O) groups is 1. The van der Waals surface area contributed by atoms with E-state index in [4.69, 9.17) is 0 Å². The van der Waals surface area contributed by atoms with Gasteiger partial charge in [0.2, 0.25) is 5.91 Å². The average molecular weight is 322 g/mol. The number of nitrogens with zero attached hydrogens (tertiary/aromatic N) is 2. The third kappa shape index (κ3) is 4.08. The SMILES string of the molecule is O=C(CCc1cc(F)ccc1F)N1CCCC1CN1CCCC1. The summed E-state index contributed by atoms with van der Waals surface area (Å²) in [7, 11) is 0. The number of carbonyl (C=O) groups excluding carboxylic acids is 1. The van der Waals surface area contributed by atoms with Crippen molar-refractivity contribution < 1.29 is 13.6 Å². The Morgan fingerprint density at radius 1 is 1.13 bits per heavy atom. The Hall–Kier alpha value is -1.49. The van der Waals surface area contributed by atoms with Crippen LogP contribution in [-0.2, 0) is 11.2 Å². The van der Waals surface area contributed by atoms with Gasteiger partial charge >= 0.3 is 0 Å². The number of benzene rings is 1. The van der Waals surface area contributed by atoms with Gasteiger partial charge in [-0.1, -0.05) is 0 Å². The van der Waals surface area contributed by atoms with E-state index in [-0.39, 0.29) is 30.4 Å². The van der Waals surface area contributed by atoms with E-state index in [9.17, 15) is 13.6 Å². The molecule has 0 N–H and O–H groups in total. The van der Waals surface area contributed by atoms with Crippen LogP contribution in [0.2, 0.25) is 0 Å². The summed E-state index contributed by atoms with van der Waals surface area (Å²) in [6, 6.07) is 3.71. The van der Waals surface area contributed by atoms with Gasteiger partial charge in [0.15, 0.2) is 0 Å². The third-order valence-electron chi connectivity index (χ3n) is 4.98. The van der Waals surface area contributed by atoms with E-state index in [1.807, 2.05) is 4.90 Å². The third-order valence-corrected chi connectivity index (χ3v) is 4.98. The van der Waals surface area contributed by atoms with Crippen molar-refractivity contribution in [3.63, 3.8) is 0 Å². The van der Waals surface area contributed by atoms with Crippen molar-refractivity contribution in [2.45, 2.75) is 44.6 Å². The van der Waals surface area contributed by atoms with Gasteiger partial charge in [-0.05, 0) is 69.0 Å². The Labute approximate surface area is 136 Å². The summed E-state index contributed by atoms with van der Waals surface area (Å²) in [4.78, 5) is 16.9. The first kappa shape index (κ1) is 16.4. The summed E-state index contributed by atoms with van der Waals surface area (Å²) >= 11 is 0. The molecule has 0 aromatic heterocycles. The molecule has 3 nitrogen and oxygen atoms in total. The van der Waals surface area contributed by atoms with Gasteiger partial charge in [0.25, 0.3) is 0 Å². The largest absolute Gasteiger partial charge is 0.338 e. The molecule has 3 rings (SSSR count). The maximum atomic E-state index is 13.6. The molecule has 2 fully saturated rings. The summed E-state index contributed by atoms with van der Waals surface area (Å²) in [5, 5.41) is 0. The lowest BCUT2D eigenvalue weighted by Crippen LogP contribution is -2.42. The minimum absolute atomic E-state index is 0.0651. The van der Waals surface area contributed by atoms with Crippen LogP contribution in [-0.4, -0.2) is 47.9 Å². The monoisotopic (exact) mass is 322 g/mol.